The van der Waals surface area contributed by atoms with Crippen LogP contribution in [-0.4, -0.2) is 19.9 Å². The molecule has 1 N–H and O–H groups in total. The lowest BCUT2D eigenvalue weighted by molar-refractivity contribution is 0.488. The van der Waals surface area contributed by atoms with Gasteiger partial charge in [0.05, 0.1) is 5.52 Å². The normalized spacial score (nSPS) is 11.0. The summed E-state index contributed by atoms with van der Waals surface area (Å²) in [6, 6.07) is 17.2. The number of aromatic nitrogens is 4. The van der Waals surface area contributed by atoms with E-state index in [9.17, 15) is 0 Å². The van der Waals surface area contributed by atoms with Crippen molar-refractivity contribution in [2.45, 2.75) is 0 Å². The van der Waals surface area contributed by atoms with Crippen molar-refractivity contribution in [2.24, 2.45) is 0 Å². The third kappa shape index (κ3) is 3.16. The van der Waals surface area contributed by atoms with E-state index >= 15 is 0 Å². The van der Waals surface area contributed by atoms with Crippen molar-refractivity contribution >= 4 is 43.5 Å². The van der Waals surface area contributed by atoms with Crippen LogP contribution in [0.4, 0.5) is 10.9 Å². The first-order valence-corrected chi connectivity index (χ1v) is 9.13. The van der Waals surface area contributed by atoms with E-state index in [4.69, 9.17) is 4.74 Å². The Bertz CT molecular complexity index is 1220. The molecule has 0 aliphatic heterocycles. The average Bonchev–Trinajstić information content (AvgIpc) is 3.11. The van der Waals surface area contributed by atoms with Crippen LogP contribution in [0.2, 0.25) is 0 Å². The van der Waals surface area contributed by atoms with Crippen LogP contribution in [-0.2, 0) is 0 Å². The summed E-state index contributed by atoms with van der Waals surface area (Å²) in [7, 11) is 0. The molecule has 4 aromatic heterocycles. The smallest absolute Gasteiger partial charge is 0.190 e. The second-order valence-corrected chi connectivity index (χ2v) is 6.75. The highest BCUT2D eigenvalue weighted by atomic mass is 32.1. The van der Waals surface area contributed by atoms with E-state index in [2.05, 4.69) is 25.3 Å². The first-order valence-electron chi connectivity index (χ1n) is 8.31. The number of nitrogens with zero attached hydrogens (tertiary/aromatic N) is 4. The summed E-state index contributed by atoms with van der Waals surface area (Å²) in [5.41, 5.74) is 1.75. The lowest BCUT2D eigenvalue weighted by Crippen LogP contribution is -1.94. The topological polar surface area (TPSA) is 72.8 Å². The fourth-order valence-electron chi connectivity index (χ4n) is 2.77. The van der Waals surface area contributed by atoms with Crippen LogP contribution in [0, 0.1) is 0 Å². The predicted molar refractivity (Wildman–Crippen MR) is 107 cm³/mol. The van der Waals surface area contributed by atoms with Crippen LogP contribution >= 0.6 is 11.3 Å². The molecule has 1 aromatic carbocycles. The Morgan fingerprint density at radius 1 is 0.815 bits per heavy atom. The molecule has 0 bridgehead atoms. The minimum atomic E-state index is 0.657. The molecule has 0 radical (unpaired) electrons. The molecule has 0 unspecified atom stereocenters. The van der Waals surface area contributed by atoms with Crippen molar-refractivity contribution in [2.75, 3.05) is 5.32 Å². The number of ether oxygens (including phenoxy) is 1. The van der Waals surface area contributed by atoms with E-state index in [1.165, 1.54) is 11.3 Å². The van der Waals surface area contributed by atoms with Crippen molar-refractivity contribution in [1.82, 2.24) is 19.9 Å². The molecule has 4 heterocycles. The van der Waals surface area contributed by atoms with Crippen molar-refractivity contribution < 1.29 is 4.74 Å². The zero-order valence-corrected chi connectivity index (χ0v) is 14.9. The van der Waals surface area contributed by atoms with E-state index in [0.29, 0.717) is 11.6 Å². The number of pyridine rings is 3. The van der Waals surface area contributed by atoms with Gasteiger partial charge < -0.3 is 10.1 Å². The van der Waals surface area contributed by atoms with Crippen molar-refractivity contribution in [1.29, 1.82) is 0 Å². The van der Waals surface area contributed by atoms with Crippen molar-refractivity contribution in [3.8, 4) is 11.5 Å². The second-order valence-electron chi connectivity index (χ2n) is 5.78. The van der Waals surface area contributed by atoms with E-state index < -0.39 is 0 Å². The fraction of sp³-hybridized carbons (Fsp3) is 0. The first kappa shape index (κ1) is 15.7. The minimum absolute atomic E-state index is 0.657. The molecular formula is C20H13N5OS. The van der Waals surface area contributed by atoms with Gasteiger partial charge in [-0.25, -0.2) is 15.0 Å². The predicted octanol–water partition coefficient (Wildman–Crippen LogP) is 5.17. The van der Waals surface area contributed by atoms with Crippen molar-refractivity contribution in [3.05, 3.63) is 73.2 Å². The summed E-state index contributed by atoms with van der Waals surface area (Å²) >= 11 is 1.48. The lowest BCUT2D eigenvalue weighted by atomic mass is 10.2. The highest BCUT2D eigenvalue weighted by molar-refractivity contribution is 7.21. The lowest BCUT2D eigenvalue weighted by Gasteiger charge is -2.09. The molecule has 0 saturated heterocycles. The Labute approximate surface area is 158 Å². The van der Waals surface area contributed by atoms with Gasteiger partial charge in [0.25, 0.3) is 0 Å². The average molecular weight is 371 g/mol. The van der Waals surface area contributed by atoms with Crippen LogP contribution in [0.15, 0.2) is 73.2 Å². The van der Waals surface area contributed by atoms with Crippen LogP contribution in [0.5, 0.6) is 11.5 Å². The summed E-state index contributed by atoms with van der Waals surface area (Å²) in [6.07, 6.45) is 5.23. The molecule has 0 aliphatic carbocycles. The standard InChI is InChI=1S/C20H13N5OS/c1-5-15-14(4-2-9-21-15)17(7-1)26-13-8-11-22-18(12-13)25-20-24-16-6-3-10-23-19(16)27-20/h1-12H,(H,22,24,25). The number of hydrogen-bond donors (Lipinski definition) is 1. The molecule has 0 amide bonds. The van der Waals surface area contributed by atoms with Gasteiger partial charge in [-0.05, 0) is 42.5 Å². The van der Waals surface area contributed by atoms with Gasteiger partial charge in [-0.3, -0.25) is 4.98 Å². The summed E-state index contributed by atoms with van der Waals surface area (Å²) in [4.78, 5) is 18.4. The number of hydrogen-bond acceptors (Lipinski definition) is 7. The molecule has 0 saturated carbocycles. The molecule has 130 valence electrons. The van der Waals surface area contributed by atoms with Gasteiger partial charge in [0.15, 0.2) is 5.13 Å². The van der Waals surface area contributed by atoms with E-state index in [-0.39, 0.29) is 0 Å². The molecule has 0 atom stereocenters. The maximum absolute atomic E-state index is 6.08. The van der Waals surface area contributed by atoms with Crippen LogP contribution in [0.3, 0.4) is 0 Å². The maximum atomic E-state index is 6.08. The molecule has 0 aliphatic rings. The van der Waals surface area contributed by atoms with Crippen LogP contribution < -0.4 is 10.1 Å². The molecule has 6 nitrogen and oxygen atoms in total. The van der Waals surface area contributed by atoms with Gasteiger partial charge in [-0.1, -0.05) is 17.4 Å². The fourth-order valence-corrected chi connectivity index (χ4v) is 3.58. The summed E-state index contributed by atoms with van der Waals surface area (Å²) < 4.78 is 6.08. The van der Waals surface area contributed by atoms with Gasteiger partial charge in [-0.15, -0.1) is 0 Å². The molecule has 5 aromatic rings. The van der Waals surface area contributed by atoms with Crippen LogP contribution in [0.25, 0.3) is 21.3 Å². The summed E-state index contributed by atoms with van der Waals surface area (Å²) in [5, 5.41) is 4.92. The molecule has 0 spiro atoms. The summed E-state index contributed by atoms with van der Waals surface area (Å²) in [6.45, 7) is 0. The Morgan fingerprint density at radius 3 is 2.67 bits per heavy atom. The monoisotopic (exact) mass is 371 g/mol. The Kier molecular flexibility index (Phi) is 3.84. The zero-order chi connectivity index (χ0) is 18.1. The summed E-state index contributed by atoms with van der Waals surface area (Å²) in [5.74, 6) is 2.09. The third-order valence-electron chi connectivity index (χ3n) is 3.97. The number of fused-ring (bicyclic) bond motifs is 2. The Hall–Kier alpha value is -3.58. The number of nitrogens with one attached hydrogen (secondary N) is 1. The van der Waals surface area contributed by atoms with Crippen molar-refractivity contribution in [3.63, 3.8) is 0 Å². The number of benzene rings is 1. The maximum Gasteiger partial charge on any atom is 0.190 e. The molecule has 0 fully saturated rings. The molecule has 5 rings (SSSR count). The number of anilines is 2. The highest BCUT2D eigenvalue weighted by Crippen LogP contribution is 2.31. The largest absolute Gasteiger partial charge is 0.456 e. The van der Waals surface area contributed by atoms with Gasteiger partial charge in [0, 0.05) is 30.0 Å². The first-order chi connectivity index (χ1) is 13.3. The second kappa shape index (κ2) is 6.62. The minimum Gasteiger partial charge on any atom is -0.456 e. The van der Waals surface area contributed by atoms with Gasteiger partial charge in [-0.2, -0.15) is 0 Å². The number of thiazole rings is 1. The van der Waals surface area contributed by atoms with Crippen LogP contribution in [0.1, 0.15) is 0 Å². The van der Waals surface area contributed by atoms with E-state index in [1.807, 2.05) is 54.6 Å². The molecular weight excluding hydrogens is 358 g/mol. The van der Waals surface area contributed by atoms with Gasteiger partial charge in [0.1, 0.15) is 27.7 Å². The number of rotatable bonds is 4. The molecule has 7 heteroatoms. The Morgan fingerprint density at radius 2 is 1.70 bits per heavy atom. The van der Waals surface area contributed by atoms with Gasteiger partial charge >= 0.3 is 0 Å². The third-order valence-corrected chi connectivity index (χ3v) is 4.86. The quantitative estimate of drug-likeness (QED) is 0.470. The van der Waals surface area contributed by atoms with E-state index in [0.717, 1.165) is 32.1 Å². The zero-order valence-electron chi connectivity index (χ0n) is 14.0. The van der Waals surface area contributed by atoms with Gasteiger partial charge in [0.2, 0.25) is 0 Å². The Balaban J connectivity index is 1.43. The van der Waals surface area contributed by atoms with E-state index in [1.54, 1.807) is 18.6 Å². The molecule has 27 heavy (non-hydrogen) atoms. The highest BCUT2D eigenvalue weighted by Gasteiger charge is 2.08. The SMILES string of the molecule is c1cnc2sc(Nc3cc(Oc4cccc5ncccc45)ccn3)nc2c1.